The highest BCUT2D eigenvalue weighted by Crippen LogP contribution is 2.27. The molecule has 1 heterocycles. The number of aromatic nitrogens is 1. The fourth-order valence-electron chi connectivity index (χ4n) is 5.02. The van der Waals surface area contributed by atoms with E-state index in [1.807, 2.05) is 42.7 Å². The summed E-state index contributed by atoms with van der Waals surface area (Å²) in [5.74, 6) is -1.19. The van der Waals surface area contributed by atoms with Crippen molar-refractivity contribution < 1.29 is 24.2 Å². The summed E-state index contributed by atoms with van der Waals surface area (Å²) in [4.78, 5) is 36.7. The summed E-state index contributed by atoms with van der Waals surface area (Å²) in [5.41, 5.74) is 4.94. The van der Waals surface area contributed by atoms with Crippen LogP contribution in [0.3, 0.4) is 0 Å². The first-order valence-electron chi connectivity index (χ1n) is 14.2. The Kier molecular flexibility index (Phi) is 13.6. The number of carbonyl (C=O) groups is 3. The summed E-state index contributed by atoms with van der Waals surface area (Å²) in [6, 6.07) is 7.61. The van der Waals surface area contributed by atoms with E-state index in [2.05, 4.69) is 6.92 Å². The summed E-state index contributed by atoms with van der Waals surface area (Å²) in [6.45, 7) is 8.66. The molecular weight excluding hydrogens is 478 g/mol. The van der Waals surface area contributed by atoms with E-state index >= 15 is 0 Å². The number of hydrogen-bond acceptors (Lipinski definition) is 4. The van der Waals surface area contributed by atoms with Gasteiger partial charge in [0.05, 0.1) is 13.0 Å². The zero-order valence-electron chi connectivity index (χ0n) is 23.7. The summed E-state index contributed by atoms with van der Waals surface area (Å²) in [6.07, 6.45) is 14.1. The fourth-order valence-corrected chi connectivity index (χ4v) is 5.02. The van der Waals surface area contributed by atoms with Gasteiger partial charge in [0, 0.05) is 36.0 Å². The molecule has 38 heavy (non-hydrogen) atoms. The summed E-state index contributed by atoms with van der Waals surface area (Å²) in [5, 5.41) is 8.94. The maximum absolute atomic E-state index is 13.3. The third-order valence-corrected chi connectivity index (χ3v) is 7.01. The van der Waals surface area contributed by atoms with Gasteiger partial charge in [-0.25, -0.2) is 4.79 Å². The number of nitrogens with zero attached hydrogens (tertiary/aromatic N) is 1. The predicted octanol–water partition coefficient (Wildman–Crippen LogP) is 7.46. The standard InChI is InChI=1S/C32H45NO5/c1-5-7-8-9-10-11-12-13-14-18-29(34)32-24(3)28(22-31(37)38-6-2)33(25(32)4)23-27-17-15-16-26(21-27)19-20-30(35)36/h15-17,19-21H,5-14,18,22-23H2,1-4H3,(H,35,36)/b20-19+. The number of esters is 1. The van der Waals surface area contributed by atoms with E-state index < -0.39 is 5.97 Å². The zero-order chi connectivity index (χ0) is 27.9. The van der Waals surface area contributed by atoms with Gasteiger partial charge in [0.25, 0.3) is 0 Å². The lowest BCUT2D eigenvalue weighted by atomic mass is 9.99. The number of aliphatic carboxylic acids is 1. The number of Topliss-reactive ketones (excluding diaryl/α,β-unsaturated/α-hetero) is 1. The molecule has 0 saturated carbocycles. The minimum atomic E-state index is -1.00. The number of ketones is 1. The number of carboxylic acid groups (broad SMARTS) is 1. The first-order chi connectivity index (χ1) is 18.3. The van der Waals surface area contributed by atoms with E-state index in [4.69, 9.17) is 9.84 Å². The predicted molar refractivity (Wildman–Crippen MR) is 153 cm³/mol. The third-order valence-electron chi connectivity index (χ3n) is 7.01. The van der Waals surface area contributed by atoms with Crippen LogP contribution in [-0.2, 0) is 27.3 Å². The van der Waals surface area contributed by atoms with E-state index in [1.54, 1.807) is 13.0 Å². The second-order valence-corrected chi connectivity index (χ2v) is 10.0. The molecule has 0 fully saturated rings. The highest BCUT2D eigenvalue weighted by molar-refractivity contribution is 5.99. The Hall–Kier alpha value is -3.15. The molecule has 0 aliphatic heterocycles. The van der Waals surface area contributed by atoms with E-state index in [0.29, 0.717) is 25.1 Å². The van der Waals surface area contributed by atoms with Crippen molar-refractivity contribution >= 4 is 23.8 Å². The SMILES string of the molecule is CCCCCCCCCCCC(=O)c1c(C)c(CC(=O)OCC)n(Cc2cccc(/C=C/C(=O)O)c2)c1C. The largest absolute Gasteiger partial charge is 0.478 e. The highest BCUT2D eigenvalue weighted by Gasteiger charge is 2.24. The molecule has 0 aliphatic carbocycles. The molecule has 0 spiro atoms. The summed E-state index contributed by atoms with van der Waals surface area (Å²) in [7, 11) is 0. The molecule has 208 valence electrons. The van der Waals surface area contributed by atoms with E-state index in [9.17, 15) is 14.4 Å². The molecule has 1 aromatic carbocycles. The minimum Gasteiger partial charge on any atom is -0.478 e. The molecule has 6 heteroatoms. The number of carboxylic acids is 1. The number of carbonyl (C=O) groups excluding carboxylic acids is 2. The Labute approximate surface area is 228 Å². The Morgan fingerprint density at radius 1 is 0.947 bits per heavy atom. The van der Waals surface area contributed by atoms with Crippen LogP contribution in [0.1, 0.15) is 116 Å². The third kappa shape index (κ3) is 9.96. The van der Waals surface area contributed by atoms with Gasteiger partial charge in [-0.3, -0.25) is 9.59 Å². The molecular formula is C32H45NO5. The van der Waals surface area contributed by atoms with Crippen molar-refractivity contribution in [3.8, 4) is 0 Å². The highest BCUT2D eigenvalue weighted by atomic mass is 16.5. The number of hydrogen-bond donors (Lipinski definition) is 1. The Morgan fingerprint density at radius 2 is 1.61 bits per heavy atom. The van der Waals surface area contributed by atoms with Crippen LogP contribution in [0.5, 0.6) is 0 Å². The number of ether oxygens (including phenoxy) is 1. The molecule has 1 aromatic heterocycles. The van der Waals surface area contributed by atoms with Gasteiger partial charge in [0.2, 0.25) is 0 Å². The smallest absolute Gasteiger partial charge is 0.328 e. The molecule has 0 unspecified atom stereocenters. The van der Waals surface area contributed by atoms with E-state index in [1.165, 1.54) is 44.9 Å². The first kappa shape index (κ1) is 31.1. The molecule has 0 radical (unpaired) electrons. The number of benzene rings is 1. The van der Waals surface area contributed by atoms with Crippen LogP contribution >= 0.6 is 0 Å². The van der Waals surface area contributed by atoms with Gasteiger partial charge in [0.15, 0.2) is 5.78 Å². The van der Waals surface area contributed by atoms with Gasteiger partial charge < -0.3 is 14.4 Å². The van der Waals surface area contributed by atoms with Crippen LogP contribution in [0.25, 0.3) is 6.08 Å². The topological polar surface area (TPSA) is 85.6 Å². The average molecular weight is 524 g/mol. The zero-order valence-corrected chi connectivity index (χ0v) is 23.7. The fraction of sp³-hybridized carbons (Fsp3) is 0.531. The monoisotopic (exact) mass is 523 g/mol. The van der Waals surface area contributed by atoms with Gasteiger partial charge in [-0.1, -0.05) is 76.5 Å². The molecule has 0 aliphatic rings. The molecule has 0 amide bonds. The van der Waals surface area contributed by atoms with Crippen molar-refractivity contribution in [2.45, 2.75) is 105 Å². The van der Waals surface area contributed by atoms with Crippen LogP contribution < -0.4 is 0 Å². The Balaban J connectivity index is 2.17. The molecule has 2 aromatic rings. The number of unbranched alkanes of at least 4 members (excludes halogenated alkanes) is 8. The van der Waals surface area contributed by atoms with Gasteiger partial charge >= 0.3 is 11.9 Å². The van der Waals surface area contributed by atoms with Crippen molar-refractivity contribution in [1.29, 1.82) is 0 Å². The van der Waals surface area contributed by atoms with Crippen molar-refractivity contribution in [2.24, 2.45) is 0 Å². The Morgan fingerprint density at radius 3 is 2.24 bits per heavy atom. The minimum absolute atomic E-state index is 0.102. The quantitative estimate of drug-likeness (QED) is 0.0948. The first-order valence-corrected chi connectivity index (χ1v) is 14.2. The molecule has 0 saturated heterocycles. The maximum Gasteiger partial charge on any atom is 0.328 e. The van der Waals surface area contributed by atoms with Crippen LogP contribution in [0, 0.1) is 13.8 Å². The number of rotatable bonds is 18. The van der Waals surface area contributed by atoms with E-state index in [0.717, 1.165) is 47.0 Å². The van der Waals surface area contributed by atoms with Gasteiger partial charge in [-0.15, -0.1) is 0 Å². The summed E-state index contributed by atoms with van der Waals surface area (Å²) < 4.78 is 7.26. The average Bonchev–Trinajstić information content (AvgIpc) is 3.10. The van der Waals surface area contributed by atoms with E-state index in [-0.39, 0.29) is 18.2 Å². The van der Waals surface area contributed by atoms with Crippen LogP contribution in [0.15, 0.2) is 30.3 Å². The van der Waals surface area contributed by atoms with Crippen LogP contribution in [-0.4, -0.2) is 34.0 Å². The molecule has 2 rings (SSSR count). The van der Waals surface area contributed by atoms with Gasteiger partial charge in [-0.2, -0.15) is 0 Å². The lowest BCUT2D eigenvalue weighted by molar-refractivity contribution is -0.142. The second-order valence-electron chi connectivity index (χ2n) is 10.0. The maximum atomic E-state index is 13.3. The lowest BCUT2D eigenvalue weighted by Crippen LogP contribution is -2.14. The van der Waals surface area contributed by atoms with Crippen molar-refractivity contribution in [3.05, 3.63) is 64.0 Å². The van der Waals surface area contributed by atoms with Gasteiger partial charge in [-0.05, 0) is 56.0 Å². The molecule has 6 nitrogen and oxygen atoms in total. The normalized spacial score (nSPS) is 11.3. The van der Waals surface area contributed by atoms with Gasteiger partial charge in [0.1, 0.15) is 0 Å². The van der Waals surface area contributed by atoms with Crippen molar-refractivity contribution in [3.63, 3.8) is 0 Å². The molecule has 0 atom stereocenters. The van der Waals surface area contributed by atoms with Crippen molar-refractivity contribution in [1.82, 2.24) is 4.57 Å². The van der Waals surface area contributed by atoms with Crippen LogP contribution in [0.4, 0.5) is 0 Å². The van der Waals surface area contributed by atoms with Crippen molar-refractivity contribution in [2.75, 3.05) is 6.61 Å². The molecule has 1 N–H and O–H groups in total. The van der Waals surface area contributed by atoms with Crippen LogP contribution in [0.2, 0.25) is 0 Å². The summed E-state index contributed by atoms with van der Waals surface area (Å²) >= 11 is 0. The second kappa shape index (κ2) is 16.6. The lowest BCUT2D eigenvalue weighted by Gasteiger charge is -2.13. The Bertz CT molecular complexity index is 1100. The molecule has 0 bridgehead atoms.